The van der Waals surface area contributed by atoms with Crippen molar-refractivity contribution in [2.75, 3.05) is 39.3 Å². The van der Waals surface area contributed by atoms with Crippen molar-refractivity contribution in [3.63, 3.8) is 0 Å². The van der Waals surface area contributed by atoms with Crippen molar-refractivity contribution in [3.05, 3.63) is 0 Å². The van der Waals surface area contributed by atoms with Gasteiger partial charge in [-0.15, -0.1) is 24.0 Å². The van der Waals surface area contributed by atoms with Crippen LogP contribution < -0.4 is 10.6 Å². The molecule has 0 aromatic heterocycles. The zero-order valence-corrected chi connectivity index (χ0v) is 21.2. The van der Waals surface area contributed by atoms with E-state index in [4.69, 9.17) is 9.73 Å². The Labute approximate surface area is 195 Å². The minimum absolute atomic E-state index is 0. The summed E-state index contributed by atoms with van der Waals surface area (Å²) in [6.45, 7) is 14.4. The summed E-state index contributed by atoms with van der Waals surface area (Å²) in [5.41, 5.74) is 0. The van der Waals surface area contributed by atoms with Gasteiger partial charge in [0.25, 0.3) is 0 Å². The summed E-state index contributed by atoms with van der Waals surface area (Å²) in [7, 11) is 0. The van der Waals surface area contributed by atoms with Crippen LogP contribution in [-0.4, -0.2) is 62.2 Å². The molecule has 0 radical (unpaired) electrons. The summed E-state index contributed by atoms with van der Waals surface area (Å²) in [4.78, 5) is 19.4. The maximum atomic E-state index is 11.9. The number of rotatable bonds is 8. The van der Waals surface area contributed by atoms with E-state index in [0.717, 1.165) is 50.7 Å². The van der Waals surface area contributed by atoms with Crippen molar-refractivity contribution in [1.29, 1.82) is 0 Å². The number of carbonyl (C=O) groups is 1. The average Bonchev–Trinajstić information content (AvgIpc) is 2.67. The lowest BCUT2D eigenvalue weighted by Crippen LogP contribution is -2.46. The molecule has 1 saturated carbocycles. The first kappa shape index (κ1) is 26.5. The molecule has 1 aliphatic carbocycles. The second-order valence-corrected chi connectivity index (χ2v) is 8.83. The molecule has 170 valence electrons. The molecule has 1 aliphatic heterocycles. The fourth-order valence-electron chi connectivity index (χ4n) is 4.45. The highest BCUT2D eigenvalue weighted by molar-refractivity contribution is 14.0. The van der Waals surface area contributed by atoms with E-state index in [2.05, 4.69) is 36.3 Å². The molecule has 2 N–H and O–H groups in total. The molecule has 6 nitrogen and oxygen atoms in total. The van der Waals surface area contributed by atoms with Gasteiger partial charge in [-0.25, -0.2) is 0 Å². The van der Waals surface area contributed by atoms with Gasteiger partial charge in [-0.2, -0.15) is 0 Å². The van der Waals surface area contributed by atoms with Crippen LogP contribution in [0.25, 0.3) is 0 Å². The molecule has 0 aromatic rings. The van der Waals surface area contributed by atoms with Crippen molar-refractivity contribution < 1.29 is 9.53 Å². The van der Waals surface area contributed by atoms with E-state index in [1.807, 2.05) is 6.92 Å². The van der Waals surface area contributed by atoms with E-state index < -0.39 is 0 Å². The van der Waals surface area contributed by atoms with Crippen molar-refractivity contribution in [2.24, 2.45) is 22.7 Å². The molecular formula is C22H43IN4O2. The first-order valence-electron chi connectivity index (χ1n) is 11.5. The highest BCUT2D eigenvalue weighted by Gasteiger charge is 2.27. The number of hydrogen-bond donors (Lipinski definition) is 2. The van der Waals surface area contributed by atoms with Gasteiger partial charge >= 0.3 is 5.97 Å². The van der Waals surface area contributed by atoms with Crippen molar-refractivity contribution in [1.82, 2.24) is 15.5 Å². The predicted octanol–water partition coefficient (Wildman–Crippen LogP) is 3.65. The molecule has 0 aromatic carbocycles. The Morgan fingerprint density at radius 3 is 2.52 bits per heavy atom. The van der Waals surface area contributed by atoms with Crippen molar-refractivity contribution in [2.45, 2.75) is 72.3 Å². The van der Waals surface area contributed by atoms with Crippen LogP contribution in [0.2, 0.25) is 0 Å². The molecule has 2 rings (SSSR count). The van der Waals surface area contributed by atoms with Gasteiger partial charge in [0.05, 0.1) is 12.5 Å². The lowest BCUT2D eigenvalue weighted by Gasteiger charge is -2.33. The summed E-state index contributed by atoms with van der Waals surface area (Å²) in [5.74, 6) is 2.37. The van der Waals surface area contributed by atoms with E-state index in [-0.39, 0.29) is 35.9 Å². The van der Waals surface area contributed by atoms with Crippen LogP contribution in [0.15, 0.2) is 4.99 Å². The summed E-state index contributed by atoms with van der Waals surface area (Å²) >= 11 is 0. The molecule has 1 unspecified atom stereocenters. The number of esters is 1. The van der Waals surface area contributed by atoms with Crippen LogP contribution in [0.1, 0.15) is 66.2 Å². The standard InChI is InChI=1S/C22H42N4O2.HI/c1-5-23-22(24-14-18-8-7-13-26(16-18)15-17(3)4)25-20-11-9-19(10-12-20)21(27)28-6-2;/h17-20H,5-16H2,1-4H3,(H2,23,24,25);1H. The van der Waals surface area contributed by atoms with Crippen molar-refractivity contribution in [3.8, 4) is 0 Å². The minimum atomic E-state index is -0.0234. The minimum Gasteiger partial charge on any atom is -0.466 e. The molecular weight excluding hydrogens is 479 g/mol. The highest BCUT2D eigenvalue weighted by Crippen LogP contribution is 2.25. The van der Waals surface area contributed by atoms with Crippen LogP contribution >= 0.6 is 24.0 Å². The molecule has 2 aliphatic rings. The SMILES string of the molecule is CCNC(=NCC1CCCN(CC(C)C)C1)NC1CCC(C(=O)OCC)CC1.I. The van der Waals surface area contributed by atoms with E-state index in [1.54, 1.807) is 0 Å². The first-order chi connectivity index (χ1) is 13.5. The van der Waals surface area contributed by atoms with Crippen LogP contribution in [0, 0.1) is 17.8 Å². The van der Waals surface area contributed by atoms with E-state index in [1.165, 1.54) is 32.5 Å². The van der Waals surface area contributed by atoms with Gasteiger partial charge in [-0.3, -0.25) is 9.79 Å². The Hall–Kier alpha value is -0.570. The Balaban J connectivity index is 0.00000420. The molecule has 1 heterocycles. The number of aliphatic imine (C=N–C) groups is 1. The van der Waals surface area contributed by atoms with Gasteiger partial charge in [-0.1, -0.05) is 13.8 Å². The predicted molar refractivity (Wildman–Crippen MR) is 131 cm³/mol. The molecule has 0 bridgehead atoms. The second-order valence-electron chi connectivity index (χ2n) is 8.83. The summed E-state index contributed by atoms with van der Waals surface area (Å²) in [5, 5.41) is 7.01. The number of piperidine rings is 1. The third kappa shape index (κ3) is 9.85. The summed E-state index contributed by atoms with van der Waals surface area (Å²) < 4.78 is 5.18. The van der Waals surface area contributed by atoms with Crippen molar-refractivity contribution >= 4 is 35.9 Å². The van der Waals surface area contributed by atoms with E-state index >= 15 is 0 Å². The fourth-order valence-corrected chi connectivity index (χ4v) is 4.45. The molecule has 0 amide bonds. The van der Waals surface area contributed by atoms with Crippen LogP contribution in [-0.2, 0) is 9.53 Å². The molecule has 1 atom stereocenters. The number of likely N-dealkylation sites (tertiary alicyclic amines) is 1. The van der Waals surface area contributed by atoms with Crippen LogP contribution in [0.4, 0.5) is 0 Å². The zero-order chi connectivity index (χ0) is 20.4. The largest absolute Gasteiger partial charge is 0.466 e. The third-order valence-corrected chi connectivity index (χ3v) is 5.77. The number of nitrogens with zero attached hydrogens (tertiary/aromatic N) is 2. The van der Waals surface area contributed by atoms with Crippen LogP contribution in [0.3, 0.4) is 0 Å². The molecule has 29 heavy (non-hydrogen) atoms. The maximum Gasteiger partial charge on any atom is 0.308 e. The number of hydrogen-bond acceptors (Lipinski definition) is 4. The maximum absolute atomic E-state index is 11.9. The Kier molecular flexibility index (Phi) is 13.2. The van der Waals surface area contributed by atoms with Gasteiger partial charge in [-0.05, 0) is 70.8 Å². The van der Waals surface area contributed by atoms with Crippen LogP contribution in [0.5, 0.6) is 0 Å². The normalized spacial score (nSPS) is 26.0. The second kappa shape index (κ2) is 14.4. The fraction of sp³-hybridized carbons (Fsp3) is 0.909. The first-order valence-corrected chi connectivity index (χ1v) is 11.5. The molecule has 7 heteroatoms. The van der Waals surface area contributed by atoms with Gasteiger partial charge < -0.3 is 20.3 Å². The number of nitrogens with one attached hydrogen (secondary N) is 2. The summed E-state index contributed by atoms with van der Waals surface area (Å²) in [6, 6.07) is 0.396. The summed E-state index contributed by atoms with van der Waals surface area (Å²) in [6.07, 6.45) is 6.38. The number of guanidine groups is 1. The quantitative estimate of drug-likeness (QED) is 0.221. The average molecular weight is 523 g/mol. The number of halogens is 1. The van der Waals surface area contributed by atoms with E-state index in [9.17, 15) is 4.79 Å². The zero-order valence-electron chi connectivity index (χ0n) is 18.9. The van der Waals surface area contributed by atoms with Gasteiger partial charge in [0.15, 0.2) is 5.96 Å². The lowest BCUT2D eigenvalue weighted by molar-refractivity contribution is -0.149. The monoisotopic (exact) mass is 522 g/mol. The lowest BCUT2D eigenvalue weighted by atomic mass is 9.86. The Bertz CT molecular complexity index is 493. The van der Waals surface area contributed by atoms with Gasteiger partial charge in [0.1, 0.15) is 0 Å². The molecule has 0 spiro atoms. The van der Waals surface area contributed by atoms with Gasteiger partial charge in [0.2, 0.25) is 0 Å². The number of ether oxygens (including phenoxy) is 1. The number of carbonyl (C=O) groups excluding carboxylic acids is 1. The van der Waals surface area contributed by atoms with E-state index in [0.29, 0.717) is 18.6 Å². The Morgan fingerprint density at radius 2 is 1.90 bits per heavy atom. The molecule has 2 fully saturated rings. The topological polar surface area (TPSA) is 66.0 Å². The van der Waals surface area contributed by atoms with Gasteiger partial charge in [0, 0.05) is 32.2 Å². The molecule has 1 saturated heterocycles. The third-order valence-electron chi connectivity index (χ3n) is 5.77. The smallest absolute Gasteiger partial charge is 0.308 e. The Morgan fingerprint density at radius 1 is 1.17 bits per heavy atom. The highest BCUT2D eigenvalue weighted by atomic mass is 127.